The largest absolute Gasteiger partial charge is 0.328 e. The first-order valence-corrected chi connectivity index (χ1v) is 7.15. The van der Waals surface area contributed by atoms with Gasteiger partial charge in [-0.1, -0.05) is 0 Å². The molecule has 0 saturated heterocycles. The number of hydrogen-bond donors (Lipinski definition) is 1. The zero-order valence-electron chi connectivity index (χ0n) is 10.3. The van der Waals surface area contributed by atoms with Gasteiger partial charge in [0, 0.05) is 12.1 Å². The van der Waals surface area contributed by atoms with Gasteiger partial charge in [0.15, 0.2) is 10.6 Å². The van der Waals surface area contributed by atoms with Crippen molar-refractivity contribution in [3.8, 4) is 0 Å². The van der Waals surface area contributed by atoms with Gasteiger partial charge in [-0.05, 0) is 55.8 Å². The second-order valence-electron chi connectivity index (χ2n) is 5.75. The molecule has 0 unspecified atom stereocenters. The van der Waals surface area contributed by atoms with Crippen LogP contribution >= 0.6 is 12.2 Å². The van der Waals surface area contributed by atoms with Gasteiger partial charge >= 0.3 is 0 Å². The molecule has 0 spiro atoms. The molecular formula is C14H14F2N2S. The molecule has 2 aromatic rings. The second kappa shape index (κ2) is 3.88. The number of H-pyrrole nitrogens is 1. The minimum Gasteiger partial charge on any atom is -0.328 e. The molecule has 2 fully saturated rings. The zero-order valence-corrected chi connectivity index (χ0v) is 11.1. The van der Waals surface area contributed by atoms with Crippen molar-refractivity contribution >= 4 is 23.3 Å². The van der Waals surface area contributed by atoms with E-state index in [4.69, 9.17) is 12.2 Å². The van der Waals surface area contributed by atoms with Crippen molar-refractivity contribution in [2.45, 2.75) is 31.7 Å². The number of aromatic amines is 1. The topological polar surface area (TPSA) is 20.7 Å². The van der Waals surface area contributed by atoms with E-state index < -0.39 is 11.6 Å². The Kier molecular flexibility index (Phi) is 2.37. The van der Waals surface area contributed by atoms with E-state index in [1.807, 2.05) is 4.57 Å². The molecule has 0 radical (unpaired) electrons. The molecule has 1 N–H and O–H groups in total. The summed E-state index contributed by atoms with van der Waals surface area (Å²) in [5.74, 6) is 0.150. The summed E-state index contributed by atoms with van der Waals surface area (Å²) in [5, 5.41) is 0. The number of hydrogen-bond acceptors (Lipinski definition) is 1. The molecular weight excluding hydrogens is 266 g/mol. The molecule has 19 heavy (non-hydrogen) atoms. The van der Waals surface area contributed by atoms with Gasteiger partial charge in [0.2, 0.25) is 0 Å². The Balaban J connectivity index is 1.97. The SMILES string of the molecule is Fc1cc(F)c2[nH]c(=S)n(C(C3CC3)C3CC3)c2c1. The second-order valence-corrected chi connectivity index (χ2v) is 6.13. The number of imidazole rings is 1. The lowest BCUT2D eigenvalue weighted by molar-refractivity contribution is 0.400. The number of benzene rings is 1. The van der Waals surface area contributed by atoms with Crippen molar-refractivity contribution in [3.05, 3.63) is 28.5 Å². The molecule has 1 heterocycles. The molecule has 1 aromatic carbocycles. The summed E-state index contributed by atoms with van der Waals surface area (Å²) in [5.41, 5.74) is 0.906. The fourth-order valence-corrected chi connectivity index (χ4v) is 3.45. The van der Waals surface area contributed by atoms with Crippen molar-refractivity contribution in [2.24, 2.45) is 11.8 Å². The highest BCUT2D eigenvalue weighted by Gasteiger charge is 2.43. The summed E-state index contributed by atoms with van der Waals surface area (Å²) in [7, 11) is 0. The molecule has 2 aliphatic rings. The van der Waals surface area contributed by atoms with Crippen LogP contribution in [0.15, 0.2) is 12.1 Å². The maximum Gasteiger partial charge on any atom is 0.178 e. The lowest BCUT2D eigenvalue weighted by Gasteiger charge is -2.18. The van der Waals surface area contributed by atoms with Crippen molar-refractivity contribution in [2.75, 3.05) is 0 Å². The maximum atomic E-state index is 13.8. The van der Waals surface area contributed by atoms with E-state index in [2.05, 4.69) is 4.98 Å². The summed E-state index contributed by atoms with van der Waals surface area (Å²) < 4.78 is 29.8. The van der Waals surface area contributed by atoms with Gasteiger partial charge in [-0.25, -0.2) is 8.78 Å². The monoisotopic (exact) mass is 280 g/mol. The molecule has 5 heteroatoms. The Bertz CT molecular complexity index is 698. The standard InChI is InChI=1S/C14H14F2N2S/c15-9-5-10(16)12-11(6-9)18(14(19)17-12)13(7-1-2-7)8-3-4-8/h5-8,13H,1-4H2,(H,17,19). The highest BCUT2D eigenvalue weighted by molar-refractivity contribution is 7.71. The van der Waals surface area contributed by atoms with Crippen molar-refractivity contribution in [3.63, 3.8) is 0 Å². The highest BCUT2D eigenvalue weighted by Crippen LogP contribution is 2.52. The van der Waals surface area contributed by atoms with E-state index in [1.54, 1.807) is 0 Å². The summed E-state index contributed by atoms with van der Waals surface area (Å²) in [6.45, 7) is 0. The third-order valence-corrected chi connectivity index (χ3v) is 4.55. The van der Waals surface area contributed by atoms with Gasteiger partial charge in [0.05, 0.1) is 5.52 Å². The normalized spacial score (nSPS) is 19.5. The Morgan fingerprint density at radius 3 is 2.37 bits per heavy atom. The van der Waals surface area contributed by atoms with E-state index in [0.717, 1.165) is 6.07 Å². The molecule has 2 nitrogen and oxygen atoms in total. The molecule has 1 aromatic heterocycles. The van der Waals surface area contributed by atoms with Gasteiger partial charge in [-0.3, -0.25) is 0 Å². The van der Waals surface area contributed by atoms with E-state index in [0.29, 0.717) is 33.7 Å². The van der Waals surface area contributed by atoms with Crippen LogP contribution in [-0.2, 0) is 0 Å². The van der Waals surface area contributed by atoms with E-state index >= 15 is 0 Å². The number of fused-ring (bicyclic) bond motifs is 1. The van der Waals surface area contributed by atoms with Gasteiger partial charge in [0.1, 0.15) is 11.3 Å². The predicted molar refractivity (Wildman–Crippen MR) is 71.5 cm³/mol. The van der Waals surface area contributed by atoms with Gasteiger partial charge < -0.3 is 9.55 Å². The van der Waals surface area contributed by atoms with Crippen LogP contribution in [0.2, 0.25) is 0 Å². The minimum atomic E-state index is -0.565. The maximum absolute atomic E-state index is 13.8. The van der Waals surface area contributed by atoms with Crippen LogP contribution in [-0.4, -0.2) is 9.55 Å². The average molecular weight is 280 g/mol. The molecule has 0 atom stereocenters. The molecule has 100 valence electrons. The van der Waals surface area contributed by atoms with Crippen LogP contribution in [0.1, 0.15) is 31.7 Å². The quantitative estimate of drug-likeness (QED) is 0.829. The third-order valence-electron chi connectivity index (χ3n) is 4.25. The number of nitrogens with one attached hydrogen (secondary N) is 1. The van der Waals surface area contributed by atoms with Crippen LogP contribution in [0.4, 0.5) is 8.78 Å². The average Bonchev–Trinajstić information content (AvgIpc) is 3.23. The predicted octanol–water partition coefficient (Wildman–Crippen LogP) is 4.34. The molecule has 0 amide bonds. The number of halogens is 2. The Morgan fingerprint density at radius 1 is 1.16 bits per heavy atom. The Morgan fingerprint density at radius 2 is 1.79 bits per heavy atom. The van der Waals surface area contributed by atoms with E-state index in [-0.39, 0.29) is 0 Å². The van der Waals surface area contributed by atoms with Crippen LogP contribution < -0.4 is 0 Å². The number of aromatic nitrogens is 2. The van der Waals surface area contributed by atoms with Crippen molar-refractivity contribution < 1.29 is 8.78 Å². The van der Waals surface area contributed by atoms with E-state index in [1.165, 1.54) is 31.7 Å². The fourth-order valence-electron chi connectivity index (χ4n) is 3.13. The van der Waals surface area contributed by atoms with Crippen LogP contribution in [0, 0.1) is 28.2 Å². The van der Waals surface area contributed by atoms with E-state index in [9.17, 15) is 8.78 Å². The van der Waals surface area contributed by atoms with Gasteiger partial charge in [-0.2, -0.15) is 0 Å². The first kappa shape index (κ1) is 11.6. The zero-order chi connectivity index (χ0) is 13.1. The Labute approximate surface area is 114 Å². The first-order chi connectivity index (χ1) is 9.15. The summed E-state index contributed by atoms with van der Waals surface area (Å²) in [4.78, 5) is 2.90. The number of rotatable bonds is 3. The number of nitrogens with zero attached hydrogens (tertiary/aromatic N) is 1. The van der Waals surface area contributed by atoms with Gasteiger partial charge in [-0.15, -0.1) is 0 Å². The lowest BCUT2D eigenvalue weighted by Crippen LogP contribution is -2.13. The summed E-state index contributed by atoms with van der Waals surface area (Å²) >= 11 is 5.34. The fraction of sp³-hybridized carbons (Fsp3) is 0.500. The molecule has 0 aliphatic heterocycles. The highest BCUT2D eigenvalue weighted by atomic mass is 32.1. The van der Waals surface area contributed by atoms with Gasteiger partial charge in [0.25, 0.3) is 0 Å². The minimum absolute atomic E-state index is 0.322. The smallest absolute Gasteiger partial charge is 0.178 e. The summed E-state index contributed by atoms with van der Waals surface area (Å²) in [6, 6.07) is 2.62. The molecule has 2 saturated carbocycles. The van der Waals surface area contributed by atoms with Crippen LogP contribution in [0.5, 0.6) is 0 Å². The lowest BCUT2D eigenvalue weighted by atomic mass is 10.1. The summed E-state index contributed by atoms with van der Waals surface area (Å²) in [6.07, 6.45) is 4.81. The first-order valence-electron chi connectivity index (χ1n) is 6.74. The Hall–Kier alpha value is -1.23. The molecule has 0 bridgehead atoms. The van der Waals surface area contributed by atoms with Crippen LogP contribution in [0.3, 0.4) is 0 Å². The third kappa shape index (κ3) is 1.83. The molecule has 4 rings (SSSR count). The molecule has 2 aliphatic carbocycles. The van der Waals surface area contributed by atoms with Crippen molar-refractivity contribution in [1.82, 2.24) is 9.55 Å². The van der Waals surface area contributed by atoms with Crippen LogP contribution in [0.25, 0.3) is 11.0 Å². The van der Waals surface area contributed by atoms with Crippen molar-refractivity contribution in [1.29, 1.82) is 0 Å².